The van der Waals surface area contributed by atoms with Crippen LogP contribution in [-0.2, 0) is 5.33 Å². The van der Waals surface area contributed by atoms with Gasteiger partial charge in [0, 0.05) is 31.0 Å². The van der Waals surface area contributed by atoms with Gasteiger partial charge in [-0.15, -0.1) is 0 Å². The van der Waals surface area contributed by atoms with Crippen molar-refractivity contribution in [1.82, 2.24) is 0 Å². The monoisotopic (exact) mass is 502 g/mol. The molecule has 1 aromatic heterocycles. The molecule has 0 fully saturated rings. The van der Waals surface area contributed by atoms with Crippen LogP contribution in [0.2, 0.25) is 5.02 Å². The van der Waals surface area contributed by atoms with Gasteiger partial charge < -0.3 is 4.42 Å². The molecule has 0 saturated carbocycles. The average Bonchev–Trinajstić information content (AvgIpc) is 2.85. The first-order valence-corrected chi connectivity index (χ1v) is 9.57. The van der Waals surface area contributed by atoms with Crippen molar-refractivity contribution in [2.24, 2.45) is 0 Å². The Morgan fingerprint density at radius 2 is 1.23 bits per heavy atom. The lowest BCUT2D eigenvalue weighted by Gasteiger charge is -2.00. The van der Waals surface area contributed by atoms with Crippen LogP contribution in [0.3, 0.4) is 0 Å². The minimum absolute atomic E-state index is 0.636. The van der Waals surface area contributed by atoms with E-state index in [1.54, 1.807) is 0 Å². The predicted molar refractivity (Wildman–Crippen MR) is 103 cm³/mol. The molecule has 0 atom stereocenters. The van der Waals surface area contributed by atoms with E-state index in [9.17, 15) is 0 Å². The van der Waals surface area contributed by atoms with Crippen LogP contribution in [0.15, 0.2) is 61.9 Å². The van der Waals surface area contributed by atoms with E-state index < -0.39 is 0 Å². The normalized spacial score (nSPS) is 10.9. The first-order valence-electron chi connectivity index (χ1n) is 6.49. The number of alkyl halides is 1. The van der Waals surface area contributed by atoms with Crippen LogP contribution in [0.1, 0.15) is 5.56 Å². The lowest BCUT2D eigenvalue weighted by Crippen LogP contribution is -1.81. The van der Waals surface area contributed by atoms with Crippen LogP contribution in [0.25, 0.3) is 22.6 Å². The van der Waals surface area contributed by atoms with Gasteiger partial charge in [0.2, 0.25) is 0 Å². The SMILES string of the molecule is Clc1c(-c2ccc(Br)cc2)oc(-c2ccc(Br)cc2)c1CBr. The van der Waals surface area contributed by atoms with Crippen molar-refractivity contribution < 1.29 is 4.42 Å². The van der Waals surface area contributed by atoms with Gasteiger partial charge in [0.1, 0.15) is 5.76 Å². The van der Waals surface area contributed by atoms with E-state index >= 15 is 0 Å². The molecule has 0 spiro atoms. The zero-order valence-electron chi connectivity index (χ0n) is 11.2. The summed E-state index contributed by atoms with van der Waals surface area (Å²) in [6.45, 7) is 0. The molecule has 0 aliphatic carbocycles. The van der Waals surface area contributed by atoms with Gasteiger partial charge in [0.25, 0.3) is 0 Å². The summed E-state index contributed by atoms with van der Waals surface area (Å²) in [5.41, 5.74) is 2.92. The number of benzene rings is 2. The summed E-state index contributed by atoms with van der Waals surface area (Å²) in [4.78, 5) is 0. The second-order valence-electron chi connectivity index (χ2n) is 4.70. The van der Waals surface area contributed by atoms with Crippen LogP contribution in [0.4, 0.5) is 0 Å². The molecule has 0 amide bonds. The highest BCUT2D eigenvalue weighted by Crippen LogP contribution is 2.41. The maximum absolute atomic E-state index is 6.54. The molecule has 1 heterocycles. The molecular formula is C17H10Br3ClO. The van der Waals surface area contributed by atoms with Crippen molar-refractivity contribution in [2.75, 3.05) is 0 Å². The van der Waals surface area contributed by atoms with Crippen molar-refractivity contribution >= 4 is 59.4 Å². The second kappa shape index (κ2) is 6.91. The highest BCUT2D eigenvalue weighted by Gasteiger charge is 2.20. The van der Waals surface area contributed by atoms with Gasteiger partial charge in [-0.1, -0.05) is 83.7 Å². The average molecular weight is 505 g/mol. The fraction of sp³-hybridized carbons (Fsp3) is 0.0588. The molecule has 0 saturated heterocycles. The van der Waals surface area contributed by atoms with Gasteiger partial charge in [-0.2, -0.15) is 0 Å². The number of rotatable bonds is 3. The van der Waals surface area contributed by atoms with E-state index in [4.69, 9.17) is 16.0 Å². The lowest BCUT2D eigenvalue weighted by atomic mass is 10.1. The van der Waals surface area contributed by atoms with Gasteiger partial charge in [-0.3, -0.25) is 0 Å². The molecule has 3 aromatic rings. The quantitative estimate of drug-likeness (QED) is 0.333. The molecule has 0 aliphatic rings. The summed E-state index contributed by atoms with van der Waals surface area (Å²) < 4.78 is 8.15. The third-order valence-corrected chi connectivity index (χ3v) is 5.31. The van der Waals surface area contributed by atoms with E-state index in [2.05, 4.69) is 47.8 Å². The minimum atomic E-state index is 0.636. The van der Waals surface area contributed by atoms with Gasteiger partial charge in [-0.05, 0) is 24.3 Å². The molecular weight excluding hydrogens is 495 g/mol. The fourth-order valence-electron chi connectivity index (χ4n) is 2.19. The van der Waals surface area contributed by atoms with Gasteiger partial charge >= 0.3 is 0 Å². The van der Waals surface area contributed by atoms with E-state index in [0.29, 0.717) is 16.1 Å². The molecule has 0 aliphatic heterocycles. The van der Waals surface area contributed by atoms with Gasteiger partial charge in [0.15, 0.2) is 5.76 Å². The molecule has 22 heavy (non-hydrogen) atoms. The molecule has 0 unspecified atom stereocenters. The smallest absolute Gasteiger partial charge is 0.153 e. The third-order valence-electron chi connectivity index (χ3n) is 3.29. The van der Waals surface area contributed by atoms with Crippen molar-refractivity contribution in [1.29, 1.82) is 0 Å². The Morgan fingerprint density at radius 3 is 1.68 bits per heavy atom. The number of furan rings is 1. The van der Waals surface area contributed by atoms with Crippen molar-refractivity contribution in [2.45, 2.75) is 5.33 Å². The van der Waals surface area contributed by atoms with E-state index in [0.717, 1.165) is 31.4 Å². The summed E-state index contributed by atoms with van der Waals surface area (Å²) >= 11 is 16.9. The Kier molecular flexibility index (Phi) is 5.13. The third kappa shape index (κ3) is 3.21. The van der Waals surface area contributed by atoms with Crippen molar-refractivity contribution in [3.63, 3.8) is 0 Å². The van der Waals surface area contributed by atoms with Gasteiger partial charge in [-0.25, -0.2) is 0 Å². The Bertz CT molecular complexity index is 792. The molecule has 0 bridgehead atoms. The molecule has 5 heteroatoms. The zero-order valence-corrected chi connectivity index (χ0v) is 16.8. The molecule has 0 radical (unpaired) electrons. The topological polar surface area (TPSA) is 13.1 Å². The van der Waals surface area contributed by atoms with Crippen LogP contribution >= 0.6 is 59.4 Å². The maximum atomic E-state index is 6.54. The Hall–Kier alpha value is -0.550. The largest absolute Gasteiger partial charge is 0.454 e. The first-order chi connectivity index (χ1) is 10.6. The summed E-state index contributed by atoms with van der Waals surface area (Å²) in [5, 5.41) is 1.29. The van der Waals surface area contributed by atoms with Crippen LogP contribution in [0, 0.1) is 0 Å². The predicted octanol–water partition coefficient (Wildman–Crippen LogP) is 7.69. The minimum Gasteiger partial charge on any atom is -0.454 e. The van der Waals surface area contributed by atoms with Gasteiger partial charge in [0.05, 0.1) is 5.02 Å². The lowest BCUT2D eigenvalue weighted by molar-refractivity contribution is 0.595. The van der Waals surface area contributed by atoms with Crippen LogP contribution in [0.5, 0.6) is 0 Å². The van der Waals surface area contributed by atoms with Crippen molar-refractivity contribution in [3.8, 4) is 22.6 Å². The van der Waals surface area contributed by atoms with Crippen LogP contribution in [-0.4, -0.2) is 0 Å². The first kappa shape index (κ1) is 16.3. The summed E-state index contributed by atoms with van der Waals surface area (Å²) in [6.07, 6.45) is 0. The highest BCUT2D eigenvalue weighted by atomic mass is 79.9. The standard InChI is InChI=1S/C17H10Br3ClO/c18-9-14-15(21)17(11-3-7-13(20)8-4-11)22-16(14)10-1-5-12(19)6-2-10/h1-8H,9H2. The Balaban J connectivity index is 2.14. The summed E-state index contributed by atoms with van der Waals surface area (Å²) in [5.74, 6) is 1.49. The fourth-order valence-corrected chi connectivity index (χ4v) is 3.71. The Morgan fingerprint density at radius 1 is 0.773 bits per heavy atom. The van der Waals surface area contributed by atoms with E-state index in [1.807, 2.05) is 48.5 Å². The summed E-state index contributed by atoms with van der Waals surface area (Å²) in [6, 6.07) is 15.9. The molecule has 2 aromatic carbocycles. The molecule has 0 N–H and O–H groups in total. The van der Waals surface area contributed by atoms with E-state index in [-0.39, 0.29) is 0 Å². The van der Waals surface area contributed by atoms with Crippen molar-refractivity contribution in [3.05, 3.63) is 68.1 Å². The molecule has 112 valence electrons. The highest BCUT2D eigenvalue weighted by molar-refractivity contribution is 9.10. The zero-order chi connectivity index (χ0) is 15.7. The van der Waals surface area contributed by atoms with E-state index in [1.165, 1.54) is 0 Å². The number of halogens is 4. The maximum Gasteiger partial charge on any atom is 0.153 e. The van der Waals surface area contributed by atoms with Crippen LogP contribution < -0.4 is 0 Å². The number of hydrogen-bond acceptors (Lipinski definition) is 1. The second-order valence-corrected chi connectivity index (χ2v) is 7.47. The summed E-state index contributed by atoms with van der Waals surface area (Å²) in [7, 11) is 0. The Labute approximate surface area is 159 Å². The number of hydrogen-bond donors (Lipinski definition) is 0. The molecule has 1 nitrogen and oxygen atoms in total. The molecule has 3 rings (SSSR count).